The highest BCUT2D eigenvalue weighted by molar-refractivity contribution is 7.09. The van der Waals surface area contributed by atoms with E-state index in [4.69, 9.17) is 4.98 Å². The van der Waals surface area contributed by atoms with Crippen molar-refractivity contribution in [1.82, 2.24) is 9.88 Å². The average Bonchev–Trinajstić information content (AvgIpc) is 3.46. The number of fused-ring (bicyclic) bond motifs is 3. The molecule has 2 aliphatic rings. The van der Waals surface area contributed by atoms with E-state index in [9.17, 15) is 0 Å². The monoisotopic (exact) mass is 378 g/mol. The molecule has 1 N–H and O–H groups in total. The first-order valence-electron chi connectivity index (χ1n) is 9.55. The molecule has 3 aromatic rings. The van der Waals surface area contributed by atoms with Gasteiger partial charge in [-0.25, -0.2) is 4.98 Å². The Balaban J connectivity index is 1.51. The smallest absolute Gasteiger partial charge is 0.135 e. The fraction of sp³-hybridized carbons (Fsp3) is 0.400. The van der Waals surface area contributed by atoms with Gasteiger partial charge < -0.3 is 5.32 Å². The van der Waals surface area contributed by atoms with Gasteiger partial charge in [0.25, 0.3) is 0 Å². The highest BCUT2D eigenvalue weighted by Crippen LogP contribution is 2.33. The summed E-state index contributed by atoms with van der Waals surface area (Å²) in [4.78, 5) is 7.54. The molecule has 1 unspecified atom stereocenters. The van der Waals surface area contributed by atoms with E-state index in [0.29, 0.717) is 12.6 Å². The molecule has 2 aromatic heterocycles. The second kappa shape index (κ2) is 6.98. The molecule has 0 amide bonds. The number of benzene rings is 1. The second-order valence-corrected chi connectivity index (χ2v) is 7.88. The van der Waals surface area contributed by atoms with Crippen molar-refractivity contribution < 1.29 is 0 Å². The molecule has 1 saturated heterocycles. The van der Waals surface area contributed by atoms with Gasteiger partial charge in [0.05, 0.1) is 11.2 Å². The van der Waals surface area contributed by atoms with Crippen molar-refractivity contribution in [2.24, 2.45) is 15.4 Å². The zero-order valence-corrected chi connectivity index (χ0v) is 16.2. The Morgan fingerprint density at radius 3 is 3.00 bits per heavy atom. The molecule has 0 saturated carbocycles. The first-order valence-corrected chi connectivity index (χ1v) is 10.5. The zero-order valence-electron chi connectivity index (χ0n) is 15.4. The normalized spacial score (nSPS) is 20.0. The van der Waals surface area contributed by atoms with Crippen LogP contribution in [0.5, 0.6) is 0 Å². The Bertz CT molecular complexity index is 1050. The molecule has 1 aromatic carbocycles. The van der Waals surface area contributed by atoms with E-state index in [1.54, 1.807) is 11.3 Å². The van der Waals surface area contributed by atoms with Crippen LogP contribution in [0.25, 0.3) is 21.7 Å². The molecule has 0 aliphatic carbocycles. The predicted molar refractivity (Wildman–Crippen MR) is 112 cm³/mol. The lowest BCUT2D eigenvalue weighted by atomic mass is 10.0. The number of hydrogen-bond donors (Lipinski definition) is 1. The van der Waals surface area contributed by atoms with Crippen molar-refractivity contribution in [2.45, 2.75) is 25.8 Å². The molecule has 7 heteroatoms. The summed E-state index contributed by atoms with van der Waals surface area (Å²) in [7, 11) is 0. The third-order valence-electron chi connectivity index (χ3n) is 5.63. The fourth-order valence-corrected chi connectivity index (χ4v) is 4.99. The minimum Gasteiger partial charge on any atom is -0.368 e. The largest absolute Gasteiger partial charge is 0.368 e. The lowest BCUT2D eigenvalue weighted by Crippen LogP contribution is -2.34. The zero-order chi connectivity index (χ0) is 18.2. The van der Waals surface area contributed by atoms with E-state index in [1.165, 1.54) is 35.5 Å². The van der Waals surface area contributed by atoms with Gasteiger partial charge in [-0.05, 0) is 42.6 Å². The Labute approximate surface area is 162 Å². The van der Waals surface area contributed by atoms with E-state index >= 15 is 0 Å². The maximum absolute atomic E-state index is 4.98. The molecular weight excluding hydrogens is 356 g/mol. The quantitative estimate of drug-likeness (QED) is 0.710. The molecule has 1 atom stereocenters. The summed E-state index contributed by atoms with van der Waals surface area (Å²) >= 11 is 1.73. The second-order valence-electron chi connectivity index (χ2n) is 7.13. The van der Waals surface area contributed by atoms with Crippen LogP contribution in [-0.2, 0) is 0 Å². The number of likely N-dealkylation sites (tertiary alicyclic amines) is 1. The van der Waals surface area contributed by atoms with E-state index in [1.807, 2.05) is 0 Å². The van der Waals surface area contributed by atoms with Crippen LogP contribution in [0.15, 0.2) is 44.4 Å². The van der Waals surface area contributed by atoms with Crippen LogP contribution in [0.4, 0.5) is 5.82 Å². The van der Waals surface area contributed by atoms with E-state index < -0.39 is 0 Å². The topological polar surface area (TPSA) is 65.2 Å². The molecular formula is C20H22N6S. The Hall–Kier alpha value is -2.38. The molecule has 0 bridgehead atoms. The number of rotatable bonds is 5. The summed E-state index contributed by atoms with van der Waals surface area (Å²) < 4.78 is 0. The Kier molecular flexibility index (Phi) is 4.33. The lowest BCUT2D eigenvalue weighted by molar-refractivity contribution is 0.277. The first-order chi connectivity index (χ1) is 13.3. The van der Waals surface area contributed by atoms with Gasteiger partial charge >= 0.3 is 0 Å². The van der Waals surface area contributed by atoms with Crippen LogP contribution in [0.3, 0.4) is 0 Å². The van der Waals surface area contributed by atoms with Gasteiger partial charge in [0.15, 0.2) is 0 Å². The van der Waals surface area contributed by atoms with Gasteiger partial charge in [-0.15, -0.1) is 5.10 Å². The number of hydrogen-bond acceptors (Lipinski definition) is 7. The van der Waals surface area contributed by atoms with E-state index in [-0.39, 0.29) is 0 Å². The lowest BCUT2D eigenvalue weighted by Gasteiger charge is -2.23. The molecule has 138 valence electrons. The van der Waals surface area contributed by atoms with Crippen molar-refractivity contribution in [3.8, 4) is 0 Å². The predicted octanol–water partition coefficient (Wildman–Crippen LogP) is 4.52. The van der Waals surface area contributed by atoms with Crippen molar-refractivity contribution in [3.05, 3.63) is 34.5 Å². The Morgan fingerprint density at radius 2 is 2.15 bits per heavy atom. The first kappa shape index (κ1) is 16.8. The number of likely N-dealkylation sites (N-methyl/N-ethyl adjacent to an activating group) is 1. The molecule has 2 aliphatic heterocycles. The van der Waals surface area contributed by atoms with Gasteiger partial charge in [0.2, 0.25) is 0 Å². The number of nitrogens with zero attached hydrogens (tertiary/aromatic N) is 5. The molecule has 5 rings (SSSR count). The minimum atomic E-state index is 0.547. The van der Waals surface area contributed by atoms with E-state index in [0.717, 1.165) is 35.7 Å². The number of thiophene rings is 1. The number of pyridine rings is 1. The summed E-state index contributed by atoms with van der Waals surface area (Å²) in [6.07, 6.45) is 2.55. The highest BCUT2D eigenvalue weighted by atomic mass is 32.1. The number of anilines is 1. The van der Waals surface area contributed by atoms with Crippen molar-refractivity contribution >= 4 is 44.5 Å². The Morgan fingerprint density at radius 1 is 1.22 bits per heavy atom. The van der Waals surface area contributed by atoms with Gasteiger partial charge in [-0.1, -0.05) is 19.1 Å². The minimum absolute atomic E-state index is 0.547. The van der Waals surface area contributed by atoms with Crippen LogP contribution in [0.2, 0.25) is 0 Å². The summed E-state index contributed by atoms with van der Waals surface area (Å²) in [5.41, 5.74) is 2.95. The van der Waals surface area contributed by atoms with Crippen LogP contribution in [-0.4, -0.2) is 47.8 Å². The maximum Gasteiger partial charge on any atom is 0.135 e. The van der Waals surface area contributed by atoms with Gasteiger partial charge in [-0.2, -0.15) is 16.5 Å². The third kappa shape index (κ3) is 3.00. The molecule has 6 nitrogen and oxygen atoms in total. The van der Waals surface area contributed by atoms with Crippen molar-refractivity contribution in [1.29, 1.82) is 0 Å². The molecule has 0 radical (unpaired) electrons. The van der Waals surface area contributed by atoms with Crippen LogP contribution < -0.4 is 5.32 Å². The van der Waals surface area contributed by atoms with Crippen LogP contribution in [0.1, 0.15) is 25.3 Å². The summed E-state index contributed by atoms with van der Waals surface area (Å²) in [5, 5.41) is 23.5. The summed E-state index contributed by atoms with van der Waals surface area (Å²) in [6, 6.07) is 6.96. The number of nitrogens with one attached hydrogen (secondary N) is 1. The average molecular weight is 379 g/mol. The molecule has 4 heterocycles. The SMILES string of the molecule is CCN1CCCC1CNc1nc2cc(C3=NN=NC3)ccc2c2cscc12. The van der Waals surface area contributed by atoms with Gasteiger partial charge in [0.1, 0.15) is 12.4 Å². The molecule has 27 heavy (non-hydrogen) atoms. The molecule has 0 spiro atoms. The highest BCUT2D eigenvalue weighted by Gasteiger charge is 2.23. The van der Waals surface area contributed by atoms with Gasteiger partial charge in [0, 0.05) is 39.7 Å². The van der Waals surface area contributed by atoms with Crippen molar-refractivity contribution in [3.63, 3.8) is 0 Å². The van der Waals surface area contributed by atoms with Crippen LogP contribution >= 0.6 is 11.3 Å². The molecule has 1 fully saturated rings. The third-order valence-corrected chi connectivity index (χ3v) is 6.37. The van der Waals surface area contributed by atoms with Crippen LogP contribution in [0, 0.1) is 0 Å². The van der Waals surface area contributed by atoms with Crippen molar-refractivity contribution in [2.75, 3.05) is 31.5 Å². The standard InChI is InChI=1S/C20H22N6S/c1-2-26-7-3-4-14(26)9-21-20-17-12-27-11-16(17)15-6-5-13(8-18(15)23-20)19-10-22-25-24-19/h5-6,8,11-12,14H,2-4,7,9-10H2,1H3,(H,21,23). The maximum atomic E-state index is 4.98. The van der Waals surface area contributed by atoms with E-state index in [2.05, 4.69) is 61.5 Å². The fourth-order valence-electron chi connectivity index (χ4n) is 4.16. The summed E-state index contributed by atoms with van der Waals surface area (Å²) in [6.45, 7) is 6.07. The summed E-state index contributed by atoms with van der Waals surface area (Å²) in [5.74, 6) is 0.988. The number of aromatic nitrogens is 1. The van der Waals surface area contributed by atoms with Gasteiger partial charge in [-0.3, -0.25) is 4.90 Å².